The second kappa shape index (κ2) is 5.02. The Balaban J connectivity index is 1.94. The minimum absolute atomic E-state index is 0.837. The van der Waals surface area contributed by atoms with Crippen molar-refractivity contribution in [3.05, 3.63) is 66.7 Å². The van der Waals surface area contributed by atoms with Crippen LogP contribution in [-0.4, -0.2) is 7.11 Å². The van der Waals surface area contributed by atoms with Crippen LogP contribution in [0.5, 0.6) is 17.2 Å². The van der Waals surface area contributed by atoms with Crippen LogP contribution in [0.15, 0.2) is 66.7 Å². The standard InChI is InChI=1S/C17H14O2/c1-18-16-9-7-14-12-17(10-8-13(14)11-16)19-15-5-3-2-4-6-15/h2-12H,1H3. The Kier molecular flexibility index (Phi) is 3.07. The third-order valence-electron chi connectivity index (χ3n) is 3.00. The van der Waals surface area contributed by atoms with Crippen LogP contribution >= 0.6 is 0 Å². The molecule has 0 aromatic heterocycles. The van der Waals surface area contributed by atoms with Gasteiger partial charge in [-0.1, -0.05) is 30.3 Å². The molecule has 0 radical (unpaired) electrons. The molecule has 0 aliphatic heterocycles. The Morgan fingerprint density at radius 1 is 0.632 bits per heavy atom. The highest BCUT2D eigenvalue weighted by molar-refractivity contribution is 5.85. The van der Waals surface area contributed by atoms with E-state index in [-0.39, 0.29) is 0 Å². The summed E-state index contributed by atoms with van der Waals surface area (Å²) in [7, 11) is 1.67. The van der Waals surface area contributed by atoms with Crippen molar-refractivity contribution in [3.8, 4) is 17.2 Å². The smallest absolute Gasteiger partial charge is 0.128 e. The van der Waals surface area contributed by atoms with E-state index >= 15 is 0 Å². The monoisotopic (exact) mass is 250 g/mol. The summed E-state index contributed by atoms with van der Waals surface area (Å²) in [5.74, 6) is 2.54. The van der Waals surface area contributed by atoms with Crippen molar-refractivity contribution < 1.29 is 9.47 Å². The van der Waals surface area contributed by atoms with E-state index in [2.05, 4.69) is 0 Å². The number of benzene rings is 3. The summed E-state index contributed by atoms with van der Waals surface area (Å²) in [5, 5.41) is 2.27. The molecule has 2 heteroatoms. The molecule has 0 spiro atoms. The van der Waals surface area contributed by atoms with Crippen molar-refractivity contribution in [3.63, 3.8) is 0 Å². The third kappa shape index (κ3) is 2.52. The van der Waals surface area contributed by atoms with Crippen molar-refractivity contribution in [1.82, 2.24) is 0 Å². The van der Waals surface area contributed by atoms with Crippen LogP contribution in [-0.2, 0) is 0 Å². The van der Waals surface area contributed by atoms with E-state index in [1.165, 1.54) is 0 Å². The lowest BCUT2D eigenvalue weighted by Gasteiger charge is -2.07. The topological polar surface area (TPSA) is 18.5 Å². The van der Waals surface area contributed by atoms with Gasteiger partial charge in [0, 0.05) is 0 Å². The molecular weight excluding hydrogens is 236 g/mol. The van der Waals surface area contributed by atoms with E-state index in [4.69, 9.17) is 9.47 Å². The summed E-state index contributed by atoms with van der Waals surface area (Å²) in [6.07, 6.45) is 0. The molecule has 0 amide bonds. The number of hydrogen-bond acceptors (Lipinski definition) is 2. The van der Waals surface area contributed by atoms with Crippen LogP contribution < -0.4 is 9.47 Å². The van der Waals surface area contributed by atoms with Gasteiger partial charge in [0.25, 0.3) is 0 Å². The van der Waals surface area contributed by atoms with E-state index in [0.29, 0.717) is 0 Å². The highest BCUT2D eigenvalue weighted by atomic mass is 16.5. The van der Waals surface area contributed by atoms with E-state index in [1.54, 1.807) is 7.11 Å². The number of ether oxygens (including phenoxy) is 2. The molecule has 3 aromatic rings. The van der Waals surface area contributed by atoms with Gasteiger partial charge in [-0.05, 0) is 47.2 Å². The molecule has 0 heterocycles. The average molecular weight is 250 g/mol. The first-order chi connectivity index (χ1) is 9.35. The fourth-order valence-corrected chi connectivity index (χ4v) is 2.02. The Bertz CT molecular complexity index is 690. The summed E-state index contributed by atoms with van der Waals surface area (Å²) in [4.78, 5) is 0. The minimum Gasteiger partial charge on any atom is -0.497 e. The number of para-hydroxylation sites is 1. The van der Waals surface area contributed by atoms with Crippen molar-refractivity contribution in [2.45, 2.75) is 0 Å². The molecule has 2 nitrogen and oxygen atoms in total. The van der Waals surface area contributed by atoms with Crippen LogP contribution in [0.4, 0.5) is 0 Å². The second-order valence-electron chi connectivity index (χ2n) is 4.29. The molecule has 3 rings (SSSR count). The van der Waals surface area contributed by atoms with Gasteiger partial charge in [-0.15, -0.1) is 0 Å². The summed E-state index contributed by atoms with van der Waals surface area (Å²) in [6.45, 7) is 0. The molecule has 0 N–H and O–H groups in total. The predicted octanol–water partition coefficient (Wildman–Crippen LogP) is 4.64. The maximum atomic E-state index is 5.81. The molecule has 94 valence electrons. The molecule has 0 atom stereocenters. The first kappa shape index (κ1) is 11.6. The van der Waals surface area contributed by atoms with Crippen LogP contribution in [0, 0.1) is 0 Å². The maximum absolute atomic E-state index is 5.81. The molecule has 0 saturated carbocycles. The van der Waals surface area contributed by atoms with Crippen LogP contribution in [0.2, 0.25) is 0 Å². The van der Waals surface area contributed by atoms with E-state index in [1.807, 2.05) is 66.7 Å². The van der Waals surface area contributed by atoms with Crippen molar-refractivity contribution >= 4 is 10.8 Å². The van der Waals surface area contributed by atoms with Gasteiger partial charge < -0.3 is 9.47 Å². The first-order valence-corrected chi connectivity index (χ1v) is 6.16. The number of hydrogen-bond donors (Lipinski definition) is 0. The molecule has 0 fully saturated rings. The lowest BCUT2D eigenvalue weighted by molar-refractivity contribution is 0.415. The summed E-state index contributed by atoms with van der Waals surface area (Å²) >= 11 is 0. The van der Waals surface area contributed by atoms with Crippen LogP contribution in [0.1, 0.15) is 0 Å². The maximum Gasteiger partial charge on any atom is 0.128 e. The zero-order valence-electron chi connectivity index (χ0n) is 10.7. The van der Waals surface area contributed by atoms with Crippen molar-refractivity contribution in [2.24, 2.45) is 0 Å². The minimum atomic E-state index is 0.837. The Hall–Kier alpha value is -2.48. The number of rotatable bonds is 3. The number of fused-ring (bicyclic) bond motifs is 1. The number of methoxy groups -OCH3 is 1. The van der Waals surface area contributed by atoms with Gasteiger partial charge in [-0.3, -0.25) is 0 Å². The normalized spacial score (nSPS) is 10.4. The Labute approximate surface area is 112 Å². The molecule has 0 unspecified atom stereocenters. The fourth-order valence-electron chi connectivity index (χ4n) is 2.02. The van der Waals surface area contributed by atoms with Crippen molar-refractivity contribution in [1.29, 1.82) is 0 Å². The van der Waals surface area contributed by atoms with Gasteiger partial charge >= 0.3 is 0 Å². The van der Waals surface area contributed by atoms with Gasteiger partial charge in [-0.25, -0.2) is 0 Å². The predicted molar refractivity (Wildman–Crippen MR) is 77.0 cm³/mol. The van der Waals surface area contributed by atoms with E-state index in [0.717, 1.165) is 28.0 Å². The Morgan fingerprint density at radius 2 is 1.26 bits per heavy atom. The highest BCUT2D eigenvalue weighted by Gasteiger charge is 2.00. The van der Waals surface area contributed by atoms with Gasteiger partial charge in [0.1, 0.15) is 17.2 Å². The summed E-state index contributed by atoms with van der Waals surface area (Å²) < 4.78 is 11.0. The van der Waals surface area contributed by atoms with Gasteiger partial charge in [-0.2, -0.15) is 0 Å². The zero-order chi connectivity index (χ0) is 13.1. The molecular formula is C17H14O2. The van der Waals surface area contributed by atoms with Crippen LogP contribution in [0.25, 0.3) is 10.8 Å². The van der Waals surface area contributed by atoms with Gasteiger partial charge in [0.05, 0.1) is 7.11 Å². The summed E-state index contributed by atoms with van der Waals surface area (Å²) in [6, 6.07) is 21.8. The molecule has 19 heavy (non-hydrogen) atoms. The molecule has 3 aromatic carbocycles. The summed E-state index contributed by atoms with van der Waals surface area (Å²) in [5.41, 5.74) is 0. The first-order valence-electron chi connectivity index (χ1n) is 6.16. The lowest BCUT2D eigenvalue weighted by Crippen LogP contribution is -1.85. The fraction of sp³-hybridized carbons (Fsp3) is 0.0588. The quantitative estimate of drug-likeness (QED) is 0.674. The van der Waals surface area contributed by atoms with E-state index in [9.17, 15) is 0 Å². The lowest BCUT2D eigenvalue weighted by atomic mass is 10.1. The van der Waals surface area contributed by atoms with Gasteiger partial charge in [0.2, 0.25) is 0 Å². The highest BCUT2D eigenvalue weighted by Crippen LogP contribution is 2.27. The second-order valence-corrected chi connectivity index (χ2v) is 4.29. The Morgan fingerprint density at radius 3 is 1.95 bits per heavy atom. The molecule has 0 saturated heterocycles. The van der Waals surface area contributed by atoms with Gasteiger partial charge in [0.15, 0.2) is 0 Å². The third-order valence-corrected chi connectivity index (χ3v) is 3.00. The SMILES string of the molecule is COc1ccc2cc(Oc3ccccc3)ccc2c1. The molecule has 0 aliphatic carbocycles. The molecule has 0 bridgehead atoms. The molecule has 0 aliphatic rings. The van der Waals surface area contributed by atoms with E-state index < -0.39 is 0 Å². The van der Waals surface area contributed by atoms with Crippen LogP contribution in [0.3, 0.4) is 0 Å². The average Bonchev–Trinajstić information content (AvgIpc) is 2.48. The zero-order valence-corrected chi connectivity index (χ0v) is 10.7. The van der Waals surface area contributed by atoms with Crippen molar-refractivity contribution in [2.75, 3.05) is 7.11 Å². The largest absolute Gasteiger partial charge is 0.497 e.